The van der Waals surface area contributed by atoms with E-state index in [2.05, 4.69) is 24.0 Å². The van der Waals surface area contributed by atoms with Gasteiger partial charge in [-0.3, -0.25) is 4.79 Å². The van der Waals surface area contributed by atoms with Crippen LogP contribution in [0.15, 0.2) is 24.3 Å². The number of carboxylic acids is 1. The topological polar surface area (TPSA) is 40.5 Å². The third-order valence-corrected chi connectivity index (χ3v) is 3.86. The smallest absolute Gasteiger partial charge is 0.304 e. The molecule has 1 heterocycles. The van der Waals surface area contributed by atoms with Crippen molar-refractivity contribution in [3.8, 4) is 0 Å². The van der Waals surface area contributed by atoms with Gasteiger partial charge >= 0.3 is 5.97 Å². The first kappa shape index (κ1) is 13.9. The van der Waals surface area contributed by atoms with Gasteiger partial charge in [0.1, 0.15) is 0 Å². The highest BCUT2D eigenvalue weighted by atomic mass is 16.4. The number of para-hydroxylation sites is 1. The summed E-state index contributed by atoms with van der Waals surface area (Å²) in [7, 11) is 0. The van der Waals surface area contributed by atoms with Crippen molar-refractivity contribution in [1.82, 2.24) is 0 Å². The molecule has 1 N–H and O–H groups in total. The van der Waals surface area contributed by atoms with Gasteiger partial charge in [0.2, 0.25) is 0 Å². The highest BCUT2D eigenvalue weighted by molar-refractivity contribution is 5.71. The number of carbonyl (C=O) groups is 1. The zero-order chi connectivity index (χ0) is 13.7. The van der Waals surface area contributed by atoms with Crippen molar-refractivity contribution in [1.29, 1.82) is 0 Å². The third-order valence-electron chi connectivity index (χ3n) is 3.86. The Balaban J connectivity index is 2.00. The van der Waals surface area contributed by atoms with Crippen LogP contribution in [0.2, 0.25) is 0 Å². The van der Waals surface area contributed by atoms with Crippen LogP contribution < -0.4 is 4.90 Å². The fraction of sp³-hybridized carbons (Fsp3) is 0.562. The Morgan fingerprint density at radius 2 is 2.11 bits per heavy atom. The monoisotopic (exact) mass is 261 g/mol. The lowest BCUT2D eigenvalue weighted by molar-refractivity contribution is -0.137. The van der Waals surface area contributed by atoms with E-state index in [1.165, 1.54) is 36.9 Å². The van der Waals surface area contributed by atoms with Crippen LogP contribution in [0.25, 0.3) is 0 Å². The Hall–Kier alpha value is -1.51. The van der Waals surface area contributed by atoms with E-state index in [-0.39, 0.29) is 12.3 Å². The standard InChI is InChI=1S/C16H23NO2/c1-2-3-4-7-10-17-12-13(11-16(18)19)14-8-5-6-9-15(14)17/h5-6,8-9,13H,2-4,7,10-12H2,1H3,(H,18,19). The normalized spacial score (nSPS) is 17.5. The first-order valence-corrected chi connectivity index (χ1v) is 7.28. The van der Waals surface area contributed by atoms with Gasteiger partial charge in [0.25, 0.3) is 0 Å². The van der Waals surface area contributed by atoms with Crippen molar-refractivity contribution in [3.05, 3.63) is 29.8 Å². The average molecular weight is 261 g/mol. The first-order chi connectivity index (χ1) is 9.22. The largest absolute Gasteiger partial charge is 0.481 e. The SMILES string of the molecule is CCCCCCN1CC(CC(=O)O)c2ccccc21. The van der Waals surface area contributed by atoms with E-state index in [4.69, 9.17) is 5.11 Å². The predicted molar refractivity (Wildman–Crippen MR) is 77.8 cm³/mol. The molecule has 2 rings (SSSR count). The highest BCUT2D eigenvalue weighted by Gasteiger charge is 2.29. The fourth-order valence-corrected chi connectivity index (χ4v) is 2.91. The van der Waals surface area contributed by atoms with Gasteiger partial charge in [0.05, 0.1) is 6.42 Å². The molecule has 3 nitrogen and oxygen atoms in total. The molecule has 104 valence electrons. The summed E-state index contributed by atoms with van der Waals surface area (Å²) in [4.78, 5) is 13.3. The predicted octanol–water partition coefficient (Wildman–Crippen LogP) is 3.65. The summed E-state index contributed by atoms with van der Waals surface area (Å²) in [5.41, 5.74) is 2.45. The second-order valence-electron chi connectivity index (χ2n) is 5.36. The average Bonchev–Trinajstić information content (AvgIpc) is 2.73. The maximum Gasteiger partial charge on any atom is 0.304 e. The van der Waals surface area contributed by atoms with Gasteiger partial charge in [-0.25, -0.2) is 0 Å². The molecule has 19 heavy (non-hydrogen) atoms. The zero-order valence-electron chi connectivity index (χ0n) is 11.6. The number of hydrogen-bond acceptors (Lipinski definition) is 2. The Kier molecular flexibility index (Phi) is 4.83. The van der Waals surface area contributed by atoms with Crippen LogP contribution in [0.4, 0.5) is 5.69 Å². The summed E-state index contributed by atoms with van der Waals surface area (Å²) in [6.45, 7) is 4.12. The quantitative estimate of drug-likeness (QED) is 0.762. The van der Waals surface area contributed by atoms with Crippen molar-refractivity contribution in [3.63, 3.8) is 0 Å². The number of benzene rings is 1. The summed E-state index contributed by atoms with van der Waals surface area (Å²) in [6, 6.07) is 8.25. The first-order valence-electron chi connectivity index (χ1n) is 7.28. The van der Waals surface area contributed by atoms with E-state index in [1.54, 1.807) is 0 Å². The van der Waals surface area contributed by atoms with Gasteiger partial charge in [-0.15, -0.1) is 0 Å². The molecule has 3 heteroatoms. The van der Waals surface area contributed by atoms with Crippen LogP contribution in [0.1, 0.15) is 50.5 Å². The molecule has 0 aromatic heterocycles. The van der Waals surface area contributed by atoms with Crippen molar-refractivity contribution in [2.75, 3.05) is 18.0 Å². The molecule has 0 radical (unpaired) electrons. The molecule has 1 aliphatic heterocycles. The number of fused-ring (bicyclic) bond motifs is 1. The number of nitrogens with zero attached hydrogens (tertiary/aromatic N) is 1. The number of rotatable bonds is 7. The summed E-state index contributed by atoms with van der Waals surface area (Å²) in [5, 5.41) is 9.01. The zero-order valence-corrected chi connectivity index (χ0v) is 11.6. The van der Waals surface area contributed by atoms with E-state index in [0.717, 1.165) is 13.1 Å². The van der Waals surface area contributed by atoms with Crippen LogP contribution in [-0.2, 0) is 4.79 Å². The second-order valence-corrected chi connectivity index (χ2v) is 5.36. The lowest BCUT2D eigenvalue weighted by atomic mass is 9.98. The van der Waals surface area contributed by atoms with E-state index in [0.29, 0.717) is 0 Å². The van der Waals surface area contributed by atoms with Gasteiger partial charge in [0, 0.05) is 24.7 Å². The van der Waals surface area contributed by atoms with E-state index in [9.17, 15) is 4.79 Å². The summed E-state index contributed by atoms with van der Waals surface area (Å²) in [5.74, 6) is -0.549. The van der Waals surface area contributed by atoms with Crippen LogP contribution in [-0.4, -0.2) is 24.2 Å². The molecule has 0 saturated carbocycles. The van der Waals surface area contributed by atoms with Gasteiger partial charge in [-0.1, -0.05) is 44.4 Å². The minimum atomic E-state index is -0.701. The molecule has 1 aliphatic rings. The highest BCUT2D eigenvalue weighted by Crippen LogP contribution is 2.37. The van der Waals surface area contributed by atoms with Gasteiger partial charge < -0.3 is 10.0 Å². The molecule has 0 fully saturated rings. The third kappa shape index (κ3) is 3.49. The Labute approximate surface area is 115 Å². The van der Waals surface area contributed by atoms with Crippen molar-refractivity contribution >= 4 is 11.7 Å². The van der Waals surface area contributed by atoms with Crippen molar-refractivity contribution < 1.29 is 9.90 Å². The van der Waals surface area contributed by atoms with E-state index in [1.807, 2.05) is 12.1 Å². The summed E-state index contributed by atoms with van der Waals surface area (Å²) in [6.07, 6.45) is 5.23. The van der Waals surface area contributed by atoms with Crippen LogP contribution in [0, 0.1) is 0 Å². The van der Waals surface area contributed by atoms with Gasteiger partial charge in [-0.05, 0) is 18.1 Å². The molecule has 1 atom stereocenters. The lowest BCUT2D eigenvalue weighted by Gasteiger charge is -2.19. The fourth-order valence-electron chi connectivity index (χ4n) is 2.91. The van der Waals surface area contributed by atoms with Crippen LogP contribution in [0.3, 0.4) is 0 Å². The molecule has 0 spiro atoms. The molecule has 0 aliphatic carbocycles. The van der Waals surface area contributed by atoms with E-state index < -0.39 is 5.97 Å². The Bertz CT molecular complexity index is 431. The number of anilines is 1. The van der Waals surface area contributed by atoms with Crippen LogP contribution >= 0.6 is 0 Å². The van der Waals surface area contributed by atoms with Gasteiger partial charge in [0.15, 0.2) is 0 Å². The molecule has 0 saturated heterocycles. The number of aliphatic carboxylic acids is 1. The minimum absolute atomic E-state index is 0.153. The summed E-state index contributed by atoms with van der Waals surface area (Å²) < 4.78 is 0. The lowest BCUT2D eigenvalue weighted by Crippen LogP contribution is -2.23. The number of hydrogen-bond donors (Lipinski definition) is 1. The molecule has 1 aromatic rings. The minimum Gasteiger partial charge on any atom is -0.481 e. The number of carboxylic acid groups (broad SMARTS) is 1. The number of unbranched alkanes of at least 4 members (excludes halogenated alkanes) is 3. The van der Waals surface area contributed by atoms with Crippen molar-refractivity contribution in [2.24, 2.45) is 0 Å². The Morgan fingerprint density at radius 3 is 2.84 bits per heavy atom. The molecule has 1 unspecified atom stereocenters. The maximum absolute atomic E-state index is 11.0. The molecule has 0 bridgehead atoms. The second kappa shape index (κ2) is 6.60. The van der Waals surface area contributed by atoms with Crippen LogP contribution in [0.5, 0.6) is 0 Å². The van der Waals surface area contributed by atoms with Gasteiger partial charge in [-0.2, -0.15) is 0 Å². The van der Waals surface area contributed by atoms with Crippen molar-refractivity contribution in [2.45, 2.75) is 44.9 Å². The molecule has 0 amide bonds. The molecular weight excluding hydrogens is 238 g/mol. The maximum atomic E-state index is 11.0. The Morgan fingerprint density at radius 1 is 1.32 bits per heavy atom. The molecular formula is C16H23NO2. The molecule has 1 aromatic carbocycles. The van der Waals surface area contributed by atoms with E-state index >= 15 is 0 Å². The summed E-state index contributed by atoms with van der Waals surface area (Å²) >= 11 is 0.